The number of rotatable bonds is 4. The zero-order chi connectivity index (χ0) is 31.9. The van der Waals surface area contributed by atoms with Gasteiger partial charge in [-0.25, -0.2) is 18.1 Å². The van der Waals surface area contributed by atoms with Crippen LogP contribution in [0.4, 0.5) is 8.78 Å². The Morgan fingerprint density at radius 1 is 1.02 bits per heavy atom. The number of fused-ring (bicyclic) bond motifs is 3. The first kappa shape index (κ1) is 27.9. The largest absolute Gasteiger partial charge is 0.351 e. The number of hydrogen-bond donors (Lipinski definition) is 1. The number of nitrogens with one attached hydrogen (secondary N) is 1. The van der Waals surface area contributed by atoms with Crippen molar-refractivity contribution in [3.63, 3.8) is 0 Å². The Hall–Kier alpha value is -5.65. The highest BCUT2D eigenvalue weighted by Gasteiger charge is 2.36. The predicted molar refractivity (Wildman–Crippen MR) is 169 cm³/mol. The predicted octanol–water partition coefficient (Wildman–Crippen LogP) is 6.14. The molecule has 1 amide bonds. The van der Waals surface area contributed by atoms with Crippen LogP contribution in [0.1, 0.15) is 45.8 Å². The highest BCUT2D eigenvalue weighted by Crippen LogP contribution is 2.39. The van der Waals surface area contributed by atoms with E-state index < -0.39 is 5.82 Å². The van der Waals surface area contributed by atoms with Crippen LogP contribution in [0.2, 0.25) is 0 Å². The molecule has 1 aliphatic rings. The van der Waals surface area contributed by atoms with Gasteiger partial charge < -0.3 is 9.88 Å². The second-order valence-electron chi connectivity index (χ2n) is 11.9. The van der Waals surface area contributed by atoms with E-state index in [1.165, 1.54) is 10.9 Å². The lowest BCUT2D eigenvalue weighted by molar-refractivity contribution is 0.0672. The summed E-state index contributed by atoms with van der Waals surface area (Å²) < 4.78 is 35.1. The molecule has 4 aromatic heterocycles. The van der Waals surface area contributed by atoms with Crippen LogP contribution in [0.15, 0.2) is 67.0 Å². The van der Waals surface area contributed by atoms with Gasteiger partial charge in [-0.3, -0.25) is 9.48 Å². The molecule has 0 saturated carbocycles. The minimum atomic E-state index is -0.467. The van der Waals surface area contributed by atoms with Crippen LogP contribution in [-0.2, 0) is 13.5 Å². The second kappa shape index (κ2) is 10.2. The Labute approximate surface area is 261 Å². The molecular weight excluding hydrogens is 588 g/mol. The Balaban J connectivity index is 1.27. The molecule has 0 unspecified atom stereocenters. The van der Waals surface area contributed by atoms with Crippen LogP contribution in [-0.4, -0.2) is 56.9 Å². The molecule has 0 saturated heterocycles. The lowest BCUT2D eigenvalue weighted by atomic mass is 9.96. The lowest BCUT2D eigenvalue weighted by Crippen LogP contribution is -2.39. The van der Waals surface area contributed by atoms with Gasteiger partial charge in [0.05, 0.1) is 40.7 Å². The van der Waals surface area contributed by atoms with E-state index >= 15 is 4.39 Å². The van der Waals surface area contributed by atoms with E-state index in [1.807, 2.05) is 42.2 Å². The van der Waals surface area contributed by atoms with Gasteiger partial charge in [-0.1, -0.05) is 23.4 Å². The van der Waals surface area contributed by atoms with E-state index in [9.17, 15) is 9.18 Å². The second-order valence-corrected chi connectivity index (χ2v) is 11.9. The maximum atomic E-state index is 15.7. The van der Waals surface area contributed by atoms with Gasteiger partial charge in [0.15, 0.2) is 5.82 Å². The fraction of sp³-hybridized carbons (Fsp3) is 0.206. The molecule has 5 heterocycles. The van der Waals surface area contributed by atoms with Crippen molar-refractivity contribution in [2.75, 3.05) is 6.54 Å². The fourth-order valence-electron chi connectivity index (χ4n) is 6.62. The van der Waals surface area contributed by atoms with Gasteiger partial charge in [0.25, 0.3) is 5.91 Å². The molecule has 0 fully saturated rings. The van der Waals surface area contributed by atoms with Crippen molar-refractivity contribution in [1.29, 1.82) is 0 Å². The molecule has 7 aromatic rings. The zero-order valence-corrected chi connectivity index (χ0v) is 25.6. The number of amides is 1. The molecule has 10 nitrogen and oxygen atoms in total. The lowest BCUT2D eigenvalue weighted by Gasteiger charge is -2.33. The van der Waals surface area contributed by atoms with Gasteiger partial charge in [0.2, 0.25) is 0 Å². The van der Waals surface area contributed by atoms with Crippen molar-refractivity contribution < 1.29 is 13.6 Å². The molecule has 46 heavy (non-hydrogen) atoms. The number of para-hydroxylation sites is 1. The SMILES string of the molecule is Cc1cc(-n2nc3c(c2-c2cn(-c4ccc5c(cnn5C)c4F)nn2)[C@H](C)N(C(=O)c2cc4ccccc4[nH]2)CC3)cc(C)c1F. The average molecular weight is 618 g/mol. The van der Waals surface area contributed by atoms with Gasteiger partial charge >= 0.3 is 0 Å². The van der Waals surface area contributed by atoms with Gasteiger partial charge in [-0.15, -0.1) is 5.10 Å². The van der Waals surface area contributed by atoms with E-state index in [4.69, 9.17) is 5.10 Å². The molecule has 1 aliphatic heterocycles. The third-order valence-electron chi connectivity index (χ3n) is 8.99. The number of benzene rings is 3. The normalized spacial score (nSPS) is 14.8. The van der Waals surface area contributed by atoms with Gasteiger partial charge in [0.1, 0.15) is 28.6 Å². The van der Waals surface area contributed by atoms with Crippen LogP contribution < -0.4 is 0 Å². The molecule has 8 rings (SSSR count). The van der Waals surface area contributed by atoms with E-state index in [-0.39, 0.29) is 23.5 Å². The van der Waals surface area contributed by atoms with Crippen LogP contribution in [0, 0.1) is 25.5 Å². The van der Waals surface area contributed by atoms with Crippen LogP contribution in [0.3, 0.4) is 0 Å². The summed E-state index contributed by atoms with van der Waals surface area (Å²) in [6, 6.07) is 16.2. The average Bonchev–Trinajstić information content (AvgIpc) is 3.84. The number of H-pyrrole nitrogens is 1. The summed E-state index contributed by atoms with van der Waals surface area (Å²) in [4.78, 5) is 19.0. The number of carbonyl (C=O) groups excluding carboxylic acids is 1. The van der Waals surface area contributed by atoms with Crippen molar-refractivity contribution in [3.8, 4) is 22.8 Å². The molecule has 3 aromatic carbocycles. The summed E-state index contributed by atoms with van der Waals surface area (Å²) in [5, 5.41) is 19.3. The summed E-state index contributed by atoms with van der Waals surface area (Å²) in [5.41, 5.74) is 6.54. The molecule has 0 radical (unpaired) electrons. The Morgan fingerprint density at radius 3 is 2.59 bits per heavy atom. The standard InChI is InChI=1S/C34H29F2N9O/c1-18-13-22(14-19(2)31(18)35)45-33(27-17-44(41-39-27)29-10-9-28-23(32(29)36)16-37-42(28)4)30-20(3)43(12-11-25(30)40-45)34(46)26-15-21-7-5-6-8-24(21)38-26/h5-10,13-17,20,38H,11-12H2,1-4H3/t20-/m0/s1. The number of carbonyl (C=O) groups is 1. The Bertz CT molecular complexity index is 2290. The fourth-order valence-corrected chi connectivity index (χ4v) is 6.62. The first-order chi connectivity index (χ1) is 22.2. The van der Waals surface area contributed by atoms with Crippen molar-refractivity contribution in [2.24, 2.45) is 7.05 Å². The molecule has 1 N–H and O–H groups in total. The molecular formula is C34H29F2N9O. The first-order valence-corrected chi connectivity index (χ1v) is 15.0. The Kier molecular flexibility index (Phi) is 6.18. The summed E-state index contributed by atoms with van der Waals surface area (Å²) in [7, 11) is 1.76. The van der Waals surface area contributed by atoms with Crippen molar-refractivity contribution in [3.05, 3.63) is 107 Å². The van der Waals surface area contributed by atoms with Crippen molar-refractivity contribution >= 4 is 27.7 Å². The summed E-state index contributed by atoms with van der Waals surface area (Å²) in [6.45, 7) is 5.86. The quantitative estimate of drug-likeness (QED) is 0.256. The van der Waals surface area contributed by atoms with E-state index in [0.29, 0.717) is 57.8 Å². The van der Waals surface area contributed by atoms with E-state index in [2.05, 4.69) is 20.4 Å². The molecule has 0 aliphatic carbocycles. The number of aryl methyl sites for hydroxylation is 3. The third kappa shape index (κ3) is 4.16. The maximum absolute atomic E-state index is 15.7. The summed E-state index contributed by atoms with van der Waals surface area (Å²) in [6.07, 6.45) is 3.64. The number of aromatic nitrogens is 8. The Morgan fingerprint density at radius 2 is 1.80 bits per heavy atom. The number of hydrogen-bond acceptors (Lipinski definition) is 5. The molecule has 12 heteroatoms. The van der Waals surface area contributed by atoms with E-state index in [0.717, 1.165) is 22.2 Å². The van der Waals surface area contributed by atoms with Crippen molar-refractivity contribution in [1.82, 2.24) is 44.4 Å². The molecule has 1 atom stereocenters. The van der Waals surface area contributed by atoms with Gasteiger partial charge in [-0.2, -0.15) is 10.2 Å². The van der Waals surface area contributed by atoms with E-state index in [1.54, 1.807) is 60.7 Å². The topological polar surface area (TPSA) is 102 Å². The maximum Gasteiger partial charge on any atom is 0.270 e. The minimum absolute atomic E-state index is 0.128. The molecule has 230 valence electrons. The highest BCUT2D eigenvalue weighted by molar-refractivity contribution is 5.98. The van der Waals surface area contributed by atoms with Gasteiger partial charge in [-0.05, 0) is 68.3 Å². The smallest absolute Gasteiger partial charge is 0.270 e. The number of aromatic amines is 1. The van der Waals surface area contributed by atoms with Crippen molar-refractivity contribution in [2.45, 2.75) is 33.2 Å². The minimum Gasteiger partial charge on any atom is -0.351 e. The molecule has 0 bridgehead atoms. The summed E-state index contributed by atoms with van der Waals surface area (Å²) in [5.74, 6) is -0.874. The highest BCUT2D eigenvalue weighted by atomic mass is 19.1. The first-order valence-electron chi connectivity index (χ1n) is 15.0. The number of nitrogens with zero attached hydrogens (tertiary/aromatic N) is 8. The number of halogens is 2. The van der Waals surface area contributed by atoms with Crippen LogP contribution in [0.5, 0.6) is 0 Å². The van der Waals surface area contributed by atoms with Crippen LogP contribution >= 0.6 is 0 Å². The zero-order valence-electron chi connectivity index (χ0n) is 25.6. The van der Waals surface area contributed by atoms with Crippen LogP contribution in [0.25, 0.3) is 44.6 Å². The molecule has 0 spiro atoms. The van der Waals surface area contributed by atoms with Gasteiger partial charge in [0, 0.05) is 36.5 Å². The third-order valence-corrected chi connectivity index (χ3v) is 8.99. The summed E-state index contributed by atoms with van der Waals surface area (Å²) >= 11 is 0. The monoisotopic (exact) mass is 617 g/mol.